The Hall–Kier alpha value is 0.730. The van der Waals surface area contributed by atoms with Crippen molar-refractivity contribution < 1.29 is 0 Å². The van der Waals surface area contributed by atoms with Gasteiger partial charge in [0.15, 0.2) is 0 Å². The highest BCUT2D eigenvalue weighted by molar-refractivity contribution is 8.93. The fraction of sp³-hybridized carbons (Fsp3) is 1.00. The van der Waals surface area contributed by atoms with Gasteiger partial charge in [-0.3, -0.25) is 0 Å². The first-order valence-electron chi connectivity index (χ1n) is 4.56. The van der Waals surface area contributed by atoms with E-state index in [9.17, 15) is 0 Å². The third-order valence-electron chi connectivity index (χ3n) is 1.78. The Morgan fingerprint density at radius 3 is 1.92 bits per heavy atom. The smallest absolute Gasteiger partial charge is 0.00519 e. The topological polar surface area (TPSA) is 12.0 Å². The first-order valence-corrected chi connectivity index (χ1v) is 4.56. The second-order valence-electron chi connectivity index (χ2n) is 2.87. The van der Waals surface area contributed by atoms with Crippen LogP contribution in [0, 0.1) is 0 Å². The van der Waals surface area contributed by atoms with E-state index in [1.54, 1.807) is 0 Å². The first-order chi connectivity index (χ1) is 4.91. The van der Waals surface area contributed by atoms with Gasteiger partial charge in [-0.1, -0.05) is 39.0 Å². The Labute approximate surface area is 93.9 Å². The number of hydrogen-bond acceptors (Lipinski definition) is 1. The van der Waals surface area contributed by atoms with Crippen LogP contribution >= 0.6 is 29.4 Å². The number of halogens is 2. The van der Waals surface area contributed by atoms with E-state index < -0.39 is 0 Å². The summed E-state index contributed by atoms with van der Waals surface area (Å²) >= 11 is 0. The summed E-state index contributed by atoms with van der Waals surface area (Å²) in [6, 6.07) is 0. The van der Waals surface area contributed by atoms with E-state index >= 15 is 0 Å². The van der Waals surface area contributed by atoms with Gasteiger partial charge in [0.25, 0.3) is 0 Å². The second-order valence-corrected chi connectivity index (χ2v) is 2.87. The third kappa shape index (κ3) is 17.0. The van der Waals surface area contributed by atoms with Crippen LogP contribution in [0.4, 0.5) is 0 Å². The lowest BCUT2D eigenvalue weighted by molar-refractivity contribution is 0.592. The lowest BCUT2D eigenvalue weighted by atomic mass is 10.1. The summed E-state index contributed by atoms with van der Waals surface area (Å²) in [6.07, 6.45) is 8.38. The molecule has 0 rings (SSSR count). The summed E-state index contributed by atoms with van der Waals surface area (Å²) in [6.45, 7) is 3.44. The molecule has 12 heavy (non-hydrogen) atoms. The molecule has 0 bridgehead atoms. The third-order valence-corrected chi connectivity index (χ3v) is 1.78. The van der Waals surface area contributed by atoms with Crippen LogP contribution < -0.4 is 5.32 Å². The van der Waals surface area contributed by atoms with Crippen LogP contribution in [-0.2, 0) is 0 Å². The molecule has 0 heterocycles. The molecule has 0 amide bonds. The van der Waals surface area contributed by atoms with Crippen LogP contribution in [0.1, 0.15) is 45.4 Å². The van der Waals surface area contributed by atoms with Gasteiger partial charge < -0.3 is 5.32 Å². The minimum Gasteiger partial charge on any atom is -0.320 e. The molecule has 0 aromatic heterocycles. The molecule has 0 aliphatic carbocycles. The monoisotopic (exact) mass is 259 g/mol. The summed E-state index contributed by atoms with van der Waals surface area (Å²) in [4.78, 5) is 0. The average Bonchev–Trinajstić information content (AvgIpc) is 1.97. The van der Waals surface area contributed by atoms with Crippen molar-refractivity contribution in [1.82, 2.24) is 5.32 Å². The predicted molar refractivity (Wildman–Crippen MR) is 64.9 cm³/mol. The lowest BCUT2D eigenvalue weighted by Crippen LogP contribution is -2.06. The van der Waals surface area contributed by atoms with Gasteiger partial charge in [0.1, 0.15) is 0 Å². The van der Waals surface area contributed by atoms with Gasteiger partial charge in [-0.25, -0.2) is 0 Å². The maximum Gasteiger partial charge on any atom is -0.00519 e. The largest absolute Gasteiger partial charge is 0.320 e. The van der Waals surface area contributed by atoms with E-state index in [2.05, 4.69) is 12.2 Å². The number of hydrogen-bond donors (Lipinski definition) is 1. The van der Waals surface area contributed by atoms with Crippen molar-refractivity contribution in [2.75, 3.05) is 13.6 Å². The molecule has 0 unspecified atom stereocenters. The van der Waals surface area contributed by atoms with Crippen molar-refractivity contribution in [3.05, 3.63) is 0 Å². The van der Waals surface area contributed by atoms with Crippen molar-refractivity contribution in [1.29, 1.82) is 0 Å². The predicted octanol–water partition coefficient (Wildman–Crippen LogP) is 3.57. The van der Waals surface area contributed by atoms with Crippen molar-refractivity contribution >= 4 is 29.4 Å². The van der Waals surface area contributed by atoms with Gasteiger partial charge in [-0.05, 0) is 20.0 Å². The Balaban J connectivity index is -0.000000405. The molecule has 3 heteroatoms. The summed E-state index contributed by atoms with van der Waals surface area (Å²) in [7, 11) is 2.02. The van der Waals surface area contributed by atoms with Crippen LogP contribution in [0.15, 0.2) is 0 Å². The van der Waals surface area contributed by atoms with Gasteiger partial charge in [0.05, 0.1) is 0 Å². The Bertz CT molecular complexity index is 54.5. The normalized spacial score (nSPS) is 8.50. The molecule has 0 saturated heterocycles. The Kier molecular flexibility index (Phi) is 27.3. The standard InChI is InChI=1S/C9H21N.BrH.ClH/c1-3-4-5-6-7-8-9-10-2;;/h10H,3-9H2,1-2H3;2*1H. The minimum absolute atomic E-state index is 0. The molecule has 0 spiro atoms. The van der Waals surface area contributed by atoms with Gasteiger partial charge in [-0.2, -0.15) is 0 Å². The molecule has 0 radical (unpaired) electrons. The second kappa shape index (κ2) is 17.7. The number of nitrogens with one attached hydrogen (secondary N) is 1. The molecule has 0 atom stereocenters. The van der Waals surface area contributed by atoms with Crippen molar-refractivity contribution in [2.24, 2.45) is 0 Å². The van der Waals surface area contributed by atoms with E-state index in [0.717, 1.165) is 0 Å². The summed E-state index contributed by atoms with van der Waals surface area (Å²) in [5.74, 6) is 0. The van der Waals surface area contributed by atoms with E-state index in [-0.39, 0.29) is 29.4 Å². The quantitative estimate of drug-likeness (QED) is 0.690. The average molecular weight is 261 g/mol. The van der Waals surface area contributed by atoms with Crippen molar-refractivity contribution in [2.45, 2.75) is 45.4 Å². The first kappa shape index (κ1) is 18.5. The Morgan fingerprint density at radius 1 is 0.917 bits per heavy atom. The zero-order chi connectivity index (χ0) is 7.66. The molecule has 0 saturated carbocycles. The zero-order valence-corrected chi connectivity index (χ0v) is 10.8. The van der Waals surface area contributed by atoms with E-state index in [4.69, 9.17) is 0 Å². The highest BCUT2D eigenvalue weighted by Gasteiger charge is 1.87. The van der Waals surface area contributed by atoms with E-state index in [1.165, 1.54) is 45.1 Å². The highest BCUT2D eigenvalue weighted by atomic mass is 79.9. The Morgan fingerprint density at radius 2 is 1.42 bits per heavy atom. The fourth-order valence-corrected chi connectivity index (χ4v) is 1.08. The SMILES string of the molecule is Br.CCCCCCCCNC.Cl. The lowest BCUT2D eigenvalue weighted by Gasteiger charge is -1.98. The van der Waals surface area contributed by atoms with Gasteiger partial charge in [-0.15, -0.1) is 29.4 Å². The molecule has 0 aliphatic rings. The van der Waals surface area contributed by atoms with Crippen LogP contribution in [-0.4, -0.2) is 13.6 Å². The molecule has 0 aliphatic heterocycles. The molecule has 0 aromatic carbocycles. The minimum atomic E-state index is 0. The molecule has 1 N–H and O–H groups in total. The molecular weight excluding hydrogens is 237 g/mol. The van der Waals surface area contributed by atoms with Crippen LogP contribution in [0.2, 0.25) is 0 Å². The van der Waals surface area contributed by atoms with Crippen LogP contribution in [0.3, 0.4) is 0 Å². The molecule has 0 aromatic rings. The van der Waals surface area contributed by atoms with Crippen molar-refractivity contribution in [3.63, 3.8) is 0 Å². The van der Waals surface area contributed by atoms with Crippen LogP contribution in [0.5, 0.6) is 0 Å². The van der Waals surface area contributed by atoms with Gasteiger partial charge >= 0.3 is 0 Å². The molecule has 0 fully saturated rings. The van der Waals surface area contributed by atoms with E-state index in [0.29, 0.717) is 0 Å². The van der Waals surface area contributed by atoms with Gasteiger partial charge in [0, 0.05) is 0 Å². The van der Waals surface area contributed by atoms with Gasteiger partial charge in [0.2, 0.25) is 0 Å². The van der Waals surface area contributed by atoms with Crippen LogP contribution in [0.25, 0.3) is 0 Å². The molecule has 1 nitrogen and oxygen atoms in total. The summed E-state index contributed by atoms with van der Waals surface area (Å²) in [5, 5.41) is 3.16. The van der Waals surface area contributed by atoms with Crippen molar-refractivity contribution in [3.8, 4) is 0 Å². The maximum atomic E-state index is 3.16. The number of unbranched alkanes of at least 4 members (excludes halogenated alkanes) is 5. The summed E-state index contributed by atoms with van der Waals surface area (Å²) in [5.41, 5.74) is 0. The molecular formula is C9H23BrClN. The zero-order valence-electron chi connectivity index (χ0n) is 8.27. The summed E-state index contributed by atoms with van der Waals surface area (Å²) < 4.78 is 0. The highest BCUT2D eigenvalue weighted by Crippen LogP contribution is 2.03. The number of rotatable bonds is 7. The fourth-order valence-electron chi connectivity index (χ4n) is 1.08. The molecule has 78 valence electrons. The maximum absolute atomic E-state index is 3.16. The van der Waals surface area contributed by atoms with E-state index in [1.807, 2.05) is 7.05 Å².